The van der Waals surface area contributed by atoms with Crippen LogP contribution in [0.15, 0.2) is 24.5 Å². The van der Waals surface area contributed by atoms with Gasteiger partial charge >= 0.3 is 0 Å². The van der Waals surface area contributed by atoms with E-state index in [-0.39, 0.29) is 0 Å². The third kappa shape index (κ3) is 2.04. The van der Waals surface area contributed by atoms with E-state index in [1.54, 1.807) is 0 Å². The lowest BCUT2D eigenvalue weighted by Crippen LogP contribution is -2.62. The molecule has 92 valence electrons. The number of aromatic nitrogens is 1. The number of nitrogens with one attached hydrogen (secondary N) is 1. The molecule has 1 aliphatic carbocycles. The van der Waals surface area contributed by atoms with Gasteiger partial charge in [0.1, 0.15) is 0 Å². The van der Waals surface area contributed by atoms with Gasteiger partial charge < -0.3 is 10.2 Å². The van der Waals surface area contributed by atoms with Crippen molar-refractivity contribution in [2.24, 2.45) is 0 Å². The first-order valence-electron chi connectivity index (χ1n) is 6.79. The first kappa shape index (κ1) is 11.0. The van der Waals surface area contributed by atoms with E-state index in [1.165, 1.54) is 37.8 Å². The molecule has 2 heterocycles. The van der Waals surface area contributed by atoms with Gasteiger partial charge in [0.05, 0.1) is 5.54 Å². The van der Waals surface area contributed by atoms with E-state index >= 15 is 0 Å². The highest BCUT2D eigenvalue weighted by atomic mass is 15.3. The summed E-state index contributed by atoms with van der Waals surface area (Å²) in [4.78, 5) is 6.76. The maximum Gasteiger partial charge on any atom is 0.0527 e. The molecule has 3 nitrogen and oxygen atoms in total. The molecule has 1 saturated heterocycles. The summed E-state index contributed by atoms with van der Waals surface area (Å²) in [6, 6.07) is 4.31. The topological polar surface area (TPSA) is 28.2 Å². The molecule has 17 heavy (non-hydrogen) atoms. The van der Waals surface area contributed by atoms with E-state index in [0.717, 1.165) is 19.6 Å². The molecule has 0 unspecified atom stereocenters. The molecular weight excluding hydrogens is 210 g/mol. The van der Waals surface area contributed by atoms with Crippen LogP contribution in [0.2, 0.25) is 0 Å². The molecule has 1 aromatic heterocycles. The molecule has 0 aromatic carbocycles. The van der Waals surface area contributed by atoms with Gasteiger partial charge in [-0.05, 0) is 25.0 Å². The third-order valence-corrected chi connectivity index (χ3v) is 4.30. The lowest BCUT2D eigenvalue weighted by molar-refractivity contribution is 0.241. The molecule has 1 aromatic rings. The summed E-state index contributed by atoms with van der Waals surface area (Å²) in [5.41, 5.74) is 1.72. The number of anilines is 1. The van der Waals surface area contributed by atoms with E-state index in [9.17, 15) is 0 Å². The summed E-state index contributed by atoms with van der Waals surface area (Å²) >= 11 is 0. The summed E-state index contributed by atoms with van der Waals surface area (Å²) in [6.07, 6.45) is 10.7. The standard InChI is InChI=1S/C14H21N3/c1-2-6-14(7-3-1)12-16-10-11-17(14)13-4-8-15-9-5-13/h4-5,8-9,16H,1-3,6-7,10-12H2. The highest BCUT2D eigenvalue weighted by molar-refractivity contribution is 5.49. The van der Waals surface area contributed by atoms with Crippen molar-refractivity contribution in [2.75, 3.05) is 24.5 Å². The Bertz CT molecular complexity index is 349. The zero-order chi connectivity index (χ0) is 11.6. The molecule has 1 spiro atoms. The van der Waals surface area contributed by atoms with Gasteiger partial charge in [-0.15, -0.1) is 0 Å². The normalized spacial score (nSPS) is 23.9. The number of rotatable bonds is 1. The highest BCUT2D eigenvalue weighted by Crippen LogP contribution is 2.37. The summed E-state index contributed by atoms with van der Waals surface area (Å²) in [5.74, 6) is 0. The molecule has 0 radical (unpaired) electrons. The van der Waals surface area contributed by atoms with Crippen molar-refractivity contribution in [1.82, 2.24) is 10.3 Å². The van der Waals surface area contributed by atoms with Crippen molar-refractivity contribution in [3.8, 4) is 0 Å². The zero-order valence-corrected chi connectivity index (χ0v) is 10.4. The summed E-state index contributed by atoms with van der Waals surface area (Å²) in [7, 11) is 0. The summed E-state index contributed by atoms with van der Waals surface area (Å²) in [6.45, 7) is 3.38. The average molecular weight is 231 g/mol. The molecule has 1 aliphatic heterocycles. The minimum absolute atomic E-state index is 0.373. The Balaban J connectivity index is 1.89. The predicted molar refractivity (Wildman–Crippen MR) is 70.3 cm³/mol. The van der Waals surface area contributed by atoms with Crippen LogP contribution in [0.25, 0.3) is 0 Å². The smallest absolute Gasteiger partial charge is 0.0527 e. The van der Waals surface area contributed by atoms with Crippen LogP contribution < -0.4 is 10.2 Å². The number of pyridine rings is 1. The SMILES string of the molecule is c1cc(N2CCNCC23CCCCC3)ccn1. The van der Waals surface area contributed by atoms with Crippen LogP contribution in [-0.4, -0.2) is 30.2 Å². The van der Waals surface area contributed by atoms with Gasteiger partial charge in [-0.2, -0.15) is 0 Å². The second kappa shape index (κ2) is 4.65. The van der Waals surface area contributed by atoms with Crippen LogP contribution in [-0.2, 0) is 0 Å². The van der Waals surface area contributed by atoms with E-state index in [1.807, 2.05) is 12.4 Å². The number of nitrogens with zero attached hydrogens (tertiary/aromatic N) is 2. The van der Waals surface area contributed by atoms with Crippen LogP contribution >= 0.6 is 0 Å². The maximum atomic E-state index is 4.13. The minimum Gasteiger partial charge on any atom is -0.363 e. The van der Waals surface area contributed by atoms with E-state index in [0.29, 0.717) is 5.54 Å². The third-order valence-electron chi connectivity index (χ3n) is 4.30. The second-order valence-electron chi connectivity index (χ2n) is 5.32. The van der Waals surface area contributed by atoms with Crippen molar-refractivity contribution in [3.63, 3.8) is 0 Å². The zero-order valence-electron chi connectivity index (χ0n) is 10.4. The van der Waals surface area contributed by atoms with E-state index < -0.39 is 0 Å². The van der Waals surface area contributed by atoms with Gasteiger partial charge in [0, 0.05) is 37.7 Å². The van der Waals surface area contributed by atoms with Crippen LogP contribution in [0.5, 0.6) is 0 Å². The molecule has 3 heteroatoms. The average Bonchev–Trinajstić information content (AvgIpc) is 2.41. The van der Waals surface area contributed by atoms with E-state index in [2.05, 4.69) is 27.3 Å². The first-order valence-corrected chi connectivity index (χ1v) is 6.79. The quantitative estimate of drug-likeness (QED) is 0.803. The molecule has 0 amide bonds. The minimum atomic E-state index is 0.373. The van der Waals surface area contributed by atoms with Gasteiger partial charge in [-0.1, -0.05) is 19.3 Å². The first-order chi connectivity index (χ1) is 8.41. The largest absolute Gasteiger partial charge is 0.363 e. The second-order valence-corrected chi connectivity index (χ2v) is 5.32. The predicted octanol–water partition coefficient (Wildman–Crippen LogP) is 2.19. The molecule has 2 fully saturated rings. The lowest BCUT2D eigenvalue weighted by Gasteiger charge is -2.51. The van der Waals surface area contributed by atoms with Gasteiger partial charge in [0.15, 0.2) is 0 Å². The molecule has 1 N–H and O–H groups in total. The van der Waals surface area contributed by atoms with Gasteiger partial charge in [0.25, 0.3) is 0 Å². The van der Waals surface area contributed by atoms with Gasteiger partial charge in [-0.25, -0.2) is 0 Å². The fourth-order valence-corrected chi connectivity index (χ4v) is 3.43. The van der Waals surface area contributed by atoms with E-state index in [4.69, 9.17) is 0 Å². The molecule has 3 rings (SSSR count). The van der Waals surface area contributed by atoms with Crippen LogP contribution in [0.3, 0.4) is 0 Å². The Morgan fingerprint density at radius 1 is 1.12 bits per heavy atom. The monoisotopic (exact) mass is 231 g/mol. The van der Waals surface area contributed by atoms with Crippen LogP contribution in [0.1, 0.15) is 32.1 Å². The van der Waals surface area contributed by atoms with Crippen LogP contribution in [0, 0.1) is 0 Å². The van der Waals surface area contributed by atoms with Crippen LogP contribution in [0.4, 0.5) is 5.69 Å². The summed E-state index contributed by atoms with van der Waals surface area (Å²) in [5, 5.41) is 3.59. The lowest BCUT2D eigenvalue weighted by atomic mass is 9.79. The van der Waals surface area contributed by atoms with Crippen molar-refractivity contribution < 1.29 is 0 Å². The Kier molecular flexibility index (Phi) is 3.02. The fourth-order valence-electron chi connectivity index (χ4n) is 3.43. The molecular formula is C14H21N3. The molecule has 0 bridgehead atoms. The Morgan fingerprint density at radius 2 is 1.88 bits per heavy atom. The molecule has 0 atom stereocenters. The van der Waals surface area contributed by atoms with Crippen molar-refractivity contribution in [3.05, 3.63) is 24.5 Å². The number of hydrogen-bond donors (Lipinski definition) is 1. The van der Waals surface area contributed by atoms with Gasteiger partial charge in [-0.3, -0.25) is 4.98 Å². The Labute approximate surface area is 103 Å². The maximum absolute atomic E-state index is 4.13. The fraction of sp³-hybridized carbons (Fsp3) is 0.643. The number of piperazine rings is 1. The molecule has 2 aliphatic rings. The van der Waals surface area contributed by atoms with Gasteiger partial charge in [0.2, 0.25) is 0 Å². The van der Waals surface area contributed by atoms with Crippen molar-refractivity contribution in [1.29, 1.82) is 0 Å². The number of hydrogen-bond acceptors (Lipinski definition) is 3. The summed E-state index contributed by atoms with van der Waals surface area (Å²) < 4.78 is 0. The Morgan fingerprint density at radius 3 is 2.65 bits per heavy atom. The van der Waals surface area contributed by atoms with Crippen molar-refractivity contribution >= 4 is 5.69 Å². The van der Waals surface area contributed by atoms with Crippen molar-refractivity contribution in [2.45, 2.75) is 37.6 Å². The highest BCUT2D eigenvalue weighted by Gasteiger charge is 2.39. The Hall–Kier alpha value is -1.09. The molecule has 1 saturated carbocycles.